The number of halogens is 4. The number of amides is 1. The zero-order valence-electron chi connectivity index (χ0n) is 14.4. The summed E-state index contributed by atoms with van der Waals surface area (Å²) in [7, 11) is 0. The number of hydrogen-bond acceptors (Lipinski definition) is 4. The van der Waals surface area contributed by atoms with Crippen LogP contribution in [0, 0.1) is 0 Å². The minimum Gasteiger partial charge on any atom is -0.352 e. The number of hydrogen-bond donors (Lipinski definition) is 0. The molecule has 1 saturated heterocycles. The number of thioether (sulfide) groups is 1. The number of nitrogens with zero attached hydrogens (tertiary/aromatic N) is 3. The summed E-state index contributed by atoms with van der Waals surface area (Å²) in [5.41, 5.74) is -0.866. The first-order chi connectivity index (χ1) is 11.5. The summed E-state index contributed by atoms with van der Waals surface area (Å²) >= 11 is 7.57. The van der Waals surface area contributed by atoms with E-state index in [1.165, 1.54) is 0 Å². The molecule has 0 atom stereocenters. The number of carbonyl (C=O) groups is 1. The predicted octanol–water partition coefficient (Wildman–Crippen LogP) is 3.93. The fraction of sp³-hybridized carbons (Fsp3) is 0.625. The molecule has 0 saturated carbocycles. The number of aromatic nitrogens is 1. The third kappa shape index (κ3) is 5.67. The SMILES string of the molecule is CC(C)(C)SCC(=O)N1CCN(c2ncc(C(F)(F)F)cc2Cl)CC1. The Hall–Kier alpha value is -1.15. The van der Waals surface area contributed by atoms with Gasteiger partial charge >= 0.3 is 6.18 Å². The fourth-order valence-electron chi connectivity index (χ4n) is 2.36. The highest BCUT2D eigenvalue weighted by atomic mass is 35.5. The van der Waals surface area contributed by atoms with Gasteiger partial charge in [0.05, 0.1) is 16.3 Å². The van der Waals surface area contributed by atoms with Gasteiger partial charge in [-0.05, 0) is 6.07 Å². The van der Waals surface area contributed by atoms with Crippen LogP contribution in [0.3, 0.4) is 0 Å². The van der Waals surface area contributed by atoms with Gasteiger partial charge in [0, 0.05) is 37.1 Å². The Labute approximate surface area is 154 Å². The molecular formula is C16H21ClF3N3OS. The van der Waals surface area contributed by atoms with E-state index < -0.39 is 11.7 Å². The molecule has 0 aromatic carbocycles. The molecule has 2 rings (SSSR count). The number of rotatable bonds is 3. The molecule has 0 bridgehead atoms. The Balaban J connectivity index is 1.95. The van der Waals surface area contributed by atoms with E-state index in [9.17, 15) is 18.0 Å². The standard InChI is InChI=1S/C16H21ClF3N3OS/c1-15(2,3)25-10-13(24)22-4-6-23(7-5-22)14-12(17)8-11(9-21-14)16(18,19)20/h8-9H,4-7,10H2,1-3H3. The Bertz CT molecular complexity index is 626. The second-order valence-corrected chi connectivity index (χ2v) is 9.01. The van der Waals surface area contributed by atoms with Gasteiger partial charge in [0.2, 0.25) is 5.91 Å². The molecule has 0 unspecified atom stereocenters. The molecule has 1 aliphatic rings. The molecule has 140 valence electrons. The second kappa shape index (κ2) is 7.61. The van der Waals surface area contributed by atoms with Crippen LogP contribution in [0.2, 0.25) is 5.02 Å². The maximum atomic E-state index is 12.7. The smallest absolute Gasteiger partial charge is 0.352 e. The van der Waals surface area contributed by atoms with Gasteiger partial charge < -0.3 is 9.80 Å². The molecule has 0 N–H and O–H groups in total. The van der Waals surface area contributed by atoms with Crippen molar-refractivity contribution in [2.75, 3.05) is 36.8 Å². The Kier molecular flexibility index (Phi) is 6.14. The minimum atomic E-state index is -4.47. The van der Waals surface area contributed by atoms with Gasteiger partial charge in [-0.25, -0.2) is 4.98 Å². The maximum Gasteiger partial charge on any atom is 0.417 e. The first-order valence-electron chi connectivity index (χ1n) is 7.87. The zero-order valence-corrected chi connectivity index (χ0v) is 15.9. The van der Waals surface area contributed by atoms with Crippen molar-refractivity contribution in [3.05, 3.63) is 22.8 Å². The van der Waals surface area contributed by atoms with Crippen molar-refractivity contribution >= 4 is 35.1 Å². The van der Waals surface area contributed by atoms with Crippen LogP contribution in [-0.2, 0) is 11.0 Å². The second-order valence-electron chi connectivity index (χ2n) is 6.80. The Morgan fingerprint density at radius 2 is 1.84 bits per heavy atom. The zero-order chi connectivity index (χ0) is 18.8. The van der Waals surface area contributed by atoms with Crippen molar-refractivity contribution in [2.45, 2.75) is 31.7 Å². The van der Waals surface area contributed by atoms with Gasteiger partial charge in [0.1, 0.15) is 5.82 Å². The third-order valence-corrected chi connectivity index (χ3v) is 5.25. The van der Waals surface area contributed by atoms with Crippen molar-refractivity contribution in [1.82, 2.24) is 9.88 Å². The maximum absolute atomic E-state index is 12.7. The van der Waals surface area contributed by atoms with Gasteiger partial charge in [-0.1, -0.05) is 32.4 Å². The summed E-state index contributed by atoms with van der Waals surface area (Å²) in [5.74, 6) is 0.819. The normalized spacial score (nSPS) is 16.3. The van der Waals surface area contributed by atoms with Crippen LogP contribution in [0.1, 0.15) is 26.3 Å². The lowest BCUT2D eigenvalue weighted by Gasteiger charge is -2.36. The van der Waals surface area contributed by atoms with Gasteiger partial charge in [0.25, 0.3) is 0 Å². The first kappa shape index (κ1) is 20.2. The lowest BCUT2D eigenvalue weighted by atomic mass is 10.2. The van der Waals surface area contributed by atoms with Crippen molar-refractivity contribution in [3.63, 3.8) is 0 Å². The summed E-state index contributed by atoms with van der Waals surface area (Å²) in [5, 5.41) is -0.0297. The van der Waals surface area contributed by atoms with E-state index >= 15 is 0 Å². The van der Waals surface area contributed by atoms with Crippen molar-refractivity contribution in [2.24, 2.45) is 0 Å². The lowest BCUT2D eigenvalue weighted by molar-refractivity contribution is -0.137. The third-order valence-electron chi connectivity index (χ3n) is 3.71. The molecule has 1 aliphatic heterocycles. The predicted molar refractivity (Wildman–Crippen MR) is 95.3 cm³/mol. The highest BCUT2D eigenvalue weighted by molar-refractivity contribution is 8.01. The largest absolute Gasteiger partial charge is 0.417 e. The summed E-state index contributed by atoms with van der Waals surface area (Å²) in [6.07, 6.45) is -3.68. The van der Waals surface area contributed by atoms with Gasteiger partial charge in [-0.2, -0.15) is 13.2 Å². The van der Waals surface area contributed by atoms with Crippen LogP contribution in [-0.4, -0.2) is 52.5 Å². The van der Waals surface area contributed by atoms with Crippen LogP contribution < -0.4 is 4.90 Å². The number of carbonyl (C=O) groups excluding carboxylic acids is 1. The molecular weight excluding hydrogens is 375 g/mol. The molecule has 1 amide bonds. The van der Waals surface area contributed by atoms with E-state index in [4.69, 9.17) is 11.6 Å². The summed E-state index contributed by atoms with van der Waals surface area (Å²) < 4.78 is 38.1. The van der Waals surface area contributed by atoms with Crippen LogP contribution >= 0.6 is 23.4 Å². The van der Waals surface area contributed by atoms with E-state index in [1.807, 2.05) is 4.90 Å². The number of piperazine rings is 1. The van der Waals surface area contributed by atoms with Crippen LogP contribution in [0.4, 0.5) is 19.0 Å². The minimum absolute atomic E-state index is 0.0230. The fourth-order valence-corrected chi connectivity index (χ4v) is 3.38. The van der Waals surface area contributed by atoms with E-state index in [-0.39, 0.29) is 15.7 Å². The molecule has 0 spiro atoms. The number of pyridine rings is 1. The monoisotopic (exact) mass is 395 g/mol. The van der Waals surface area contributed by atoms with Crippen LogP contribution in [0.5, 0.6) is 0 Å². The first-order valence-corrected chi connectivity index (χ1v) is 9.23. The number of anilines is 1. The molecule has 0 radical (unpaired) electrons. The molecule has 25 heavy (non-hydrogen) atoms. The molecule has 4 nitrogen and oxygen atoms in total. The van der Waals surface area contributed by atoms with E-state index in [0.717, 1.165) is 12.3 Å². The van der Waals surface area contributed by atoms with Gasteiger partial charge in [-0.15, -0.1) is 11.8 Å². The van der Waals surface area contributed by atoms with Gasteiger partial charge in [0.15, 0.2) is 0 Å². The van der Waals surface area contributed by atoms with E-state index in [1.54, 1.807) is 16.7 Å². The van der Waals surface area contributed by atoms with Crippen molar-refractivity contribution < 1.29 is 18.0 Å². The molecule has 0 aliphatic carbocycles. The molecule has 2 heterocycles. The number of alkyl halides is 3. The van der Waals surface area contributed by atoms with Gasteiger partial charge in [-0.3, -0.25) is 4.79 Å². The van der Waals surface area contributed by atoms with Crippen LogP contribution in [0.15, 0.2) is 12.3 Å². The van der Waals surface area contributed by atoms with Crippen molar-refractivity contribution in [3.8, 4) is 0 Å². The topological polar surface area (TPSA) is 36.4 Å². The molecule has 9 heteroatoms. The highest BCUT2D eigenvalue weighted by Gasteiger charge is 2.32. The average Bonchev–Trinajstić information content (AvgIpc) is 2.51. The summed E-state index contributed by atoms with van der Waals surface area (Å²) in [4.78, 5) is 19.7. The van der Waals surface area contributed by atoms with E-state index in [0.29, 0.717) is 37.7 Å². The Morgan fingerprint density at radius 3 is 2.32 bits per heavy atom. The van der Waals surface area contributed by atoms with Crippen LogP contribution in [0.25, 0.3) is 0 Å². The quantitative estimate of drug-likeness (QED) is 0.776. The molecule has 1 aromatic rings. The average molecular weight is 396 g/mol. The lowest BCUT2D eigenvalue weighted by Crippen LogP contribution is -2.49. The summed E-state index contributed by atoms with van der Waals surface area (Å²) in [6.45, 7) is 8.16. The van der Waals surface area contributed by atoms with E-state index in [2.05, 4.69) is 25.8 Å². The highest BCUT2D eigenvalue weighted by Crippen LogP contribution is 2.33. The van der Waals surface area contributed by atoms with Crippen molar-refractivity contribution in [1.29, 1.82) is 0 Å². The Morgan fingerprint density at radius 1 is 1.24 bits per heavy atom. The summed E-state index contributed by atoms with van der Waals surface area (Å²) in [6, 6.07) is 0.890. The molecule has 1 fully saturated rings. The molecule has 1 aromatic heterocycles.